The fraction of sp³-hybridized carbons (Fsp3) is 0.417. The van der Waals surface area contributed by atoms with Crippen LogP contribution < -0.4 is 0 Å². The molecule has 1 saturated heterocycles. The summed E-state index contributed by atoms with van der Waals surface area (Å²) in [5.74, 6) is -0.314. The Morgan fingerprint density at radius 1 is 1.56 bits per heavy atom. The third-order valence-corrected chi connectivity index (χ3v) is 3.11. The molecule has 0 aromatic heterocycles. The summed E-state index contributed by atoms with van der Waals surface area (Å²) in [7, 11) is 0. The van der Waals surface area contributed by atoms with Crippen molar-refractivity contribution in [3.63, 3.8) is 0 Å². The number of nitriles is 1. The van der Waals surface area contributed by atoms with Crippen LogP contribution in [0.1, 0.15) is 12.0 Å². The first-order valence-corrected chi connectivity index (χ1v) is 5.46. The minimum absolute atomic E-state index is 0.314. The maximum Gasteiger partial charge on any atom is 0.126 e. The van der Waals surface area contributed by atoms with Crippen molar-refractivity contribution in [2.45, 2.75) is 12.8 Å². The topological polar surface area (TPSA) is 33.0 Å². The summed E-state index contributed by atoms with van der Waals surface area (Å²) in [4.78, 5) is 0. The fourth-order valence-electron chi connectivity index (χ4n) is 1.92. The van der Waals surface area contributed by atoms with Gasteiger partial charge in [0.25, 0.3) is 0 Å². The minimum atomic E-state index is -0.592. The maximum absolute atomic E-state index is 13.5. The summed E-state index contributed by atoms with van der Waals surface area (Å²) in [6.45, 7) is 0.936. The smallest absolute Gasteiger partial charge is 0.126 e. The van der Waals surface area contributed by atoms with Crippen LogP contribution in [0.3, 0.4) is 0 Å². The van der Waals surface area contributed by atoms with Gasteiger partial charge in [-0.05, 0) is 36.6 Å². The molecule has 0 aliphatic carbocycles. The number of rotatable bonds is 2. The quantitative estimate of drug-likeness (QED) is 0.795. The van der Waals surface area contributed by atoms with Gasteiger partial charge in [-0.25, -0.2) is 4.39 Å². The molecule has 0 saturated carbocycles. The molecule has 1 heterocycles. The Labute approximate surface area is 98.6 Å². The molecule has 1 unspecified atom stereocenters. The van der Waals surface area contributed by atoms with E-state index in [0.717, 1.165) is 0 Å². The maximum atomic E-state index is 13.5. The summed E-state index contributed by atoms with van der Waals surface area (Å²) in [6, 6.07) is 6.65. The second kappa shape index (κ2) is 4.40. The highest BCUT2D eigenvalue weighted by molar-refractivity contribution is 6.30. The molecule has 1 aliphatic heterocycles. The van der Waals surface area contributed by atoms with Crippen LogP contribution in [0.2, 0.25) is 5.02 Å². The van der Waals surface area contributed by atoms with Crippen molar-refractivity contribution in [3.8, 4) is 6.07 Å². The lowest BCUT2D eigenvalue weighted by Crippen LogP contribution is -2.22. The zero-order chi connectivity index (χ0) is 11.6. The number of ether oxygens (including phenoxy) is 1. The largest absolute Gasteiger partial charge is 0.380 e. The van der Waals surface area contributed by atoms with Crippen molar-refractivity contribution in [1.29, 1.82) is 5.26 Å². The van der Waals surface area contributed by atoms with Gasteiger partial charge in [-0.1, -0.05) is 11.6 Å². The Kier molecular flexibility index (Phi) is 3.13. The average molecular weight is 240 g/mol. The van der Waals surface area contributed by atoms with Gasteiger partial charge in [-0.3, -0.25) is 0 Å². The molecular formula is C12H11ClFNO. The fourth-order valence-corrected chi connectivity index (χ4v) is 2.11. The zero-order valence-electron chi connectivity index (χ0n) is 8.67. The summed E-state index contributed by atoms with van der Waals surface area (Å²) >= 11 is 5.81. The van der Waals surface area contributed by atoms with E-state index in [1.54, 1.807) is 6.07 Å². The highest BCUT2D eigenvalue weighted by Gasteiger charge is 2.35. The summed E-state index contributed by atoms with van der Waals surface area (Å²) < 4.78 is 18.7. The third kappa shape index (κ3) is 2.18. The van der Waals surface area contributed by atoms with Gasteiger partial charge < -0.3 is 4.74 Å². The van der Waals surface area contributed by atoms with Gasteiger partial charge in [0, 0.05) is 11.6 Å². The molecule has 0 bridgehead atoms. The van der Waals surface area contributed by atoms with E-state index >= 15 is 0 Å². The van der Waals surface area contributed by atoms with Crippen LogP contribution in [0.15, 0.2) is 18.2 Å². The Balaban J connectivity index is 2.26. The third-order valence-electron chi connectivity index (χ3n) is 2.88. The minimum Gasteiger partial charge on any atom is -0.380 e. The van der Waals surface area contributed by atoms with Crippen LogP contribution in [-0.2, 0) is 11.2 Å². The van der Waals surface area contributed by atoms with E-state index in [1.807, 2.05) is 0 Å². The number of hydrogen-bond acceptors (Lipinski definition) is 2. The van der Waals surface area contributed by atoms with Gasteiger partial charge in [-0.2, -0.15) is 5.26 Å². The second-order valence-corrected chi connectivity index (χ2v) is 4.54. The van der Waals surface area contributed by atoms with Gasteiger partial charge in [0.05, 0.1) is 18.1 Å². The van der Waals surface area contributed by atoms with Crippen molar-refractivity contribution in [2.75, 3.05) is 13.2 Å². The van der Waals surface area contributed by atoms with Crippen molar-refractivity contribution < 1.29 is 9.13 Å². The van der Waals surface area contributed by atoms with E-state index in [0.29, 0.717) is 36.6 Å². The molecule has 1 fully saturated rings. The van der Waals surface area contributed by atoms with Crippen molar-refractivity contribution in [1.82, 2.24) is 0 Å². The van der Waals surface area contributed by atoms with Crippen LogP contribution in [0.4, 0.5) is 4.39 Å². The highest BCUT2D eigenvalue weighted by Crippen LogP contribution is 2.33. The lowest BCUT2D eigenvalue weighted by molar-refractivity contribution is 0.171. The average Bonchev–Trinajstić information content (AvgIpc) is 2.73. The Bertz CT molecular complexity index is 435. The molecular weight excluding hydrogens is 229 g/mol. The van der Waals surface area contributed by atoms with Crippen LogP contribution in [0.5, 0.6) is 0 Å². The Morgan fingerprint density at radius 2 is 2.38 bits per heavy atom. The first kappa shape index (κ1) is 11.4. The Hall–Kier alpha value is -1.11. The van der Waals surface area contributed by atoms with Gasteiger partial charge >= 0.3 is 0 Å². The molecule has 4 heteroatoms. The SMILES string of the molecule is N#CC1(Cc2cc(Cl)ccc2F)CCOC1. The van der Waals surface area contributed by atoms with Gasteiger partial charge in [0.2, 0.25) is 0 Å². The molecule has 0 radical (unpaired) electrons. The first-order valence-electron chi connectivity index (χ1n) is 5.08. The monoisotopic (exact) mass is 239 g/mol. The molecule has 1 aromatic carbocycles. The summed E-state index contributed by atoms with van der Waals surface area (Å²) in [6.07, 6.45) is 1.01. The number of hydrogen-bond donors (Lipinski definition) is 0. The molecule has 84 valence electrons. The van der Waals surface area contributed by atoms with Crippen molar-refractivity contribution in [3.05, 3.63) is 34.6 Å². The molecule has 0 amide bonds. The molecule has 0 N–H and O–H groups in total. The van der Waals surface area contributed by atoms with Gasteiger partial charge in [-0.15, -0.1) is 0 Å². The second-order valence-electron chi connectivity index (χ2n) is 4.11. The van der Waals surface area contributed by atoms with E-state index in [4.69, 9.17) is 21.6 Å². The van der Waals surface area contributed by atoms with E-state index in [2.05, 4.69) is 6.07 Å². The summed E-state index contributed by atoms with van der Waals surface area (Å²) in [5.41, 5.74) is -0.106. The van der Waals surface area contributed by atoms with E-state index < -0.39 is 5.41 Å². The van der Waals surface area contributed by atoms with Crippen molar-refractivity contribution in [2.24, 2.45) is 5.41 Å². The van der Waals surface area contributed by atoms with E-state index in [-0.39, 0.29) is 5.82 Å². The van der Waals surface area contributed by atoms with Gasteiger partial charge in [0.1, 0.15) is 5.82 Å². The normalized spacial score (nSPS) is 24.3. The van der Waals surface area contributed by atoms with Crippen LogP contribution in [0, 0.1) is 22.6 Å². The van der Waals surface area contributed by atoms with Crippen molar-refractivity contribution >= 4 is 11.6 Å². The van der Waals surface area contributed by atoms with Crippen LogP contribution in [0.25, 0.3) is 0 Å². The van der Waals surface area contributed by atoms with E-state index in [1.165, 1.54) is 12.1 Å². The standard InChI is InChI=1S/C12H11ClFNO/c13-10-1-2-11(14)9(5-10)6-12(7-15)3-4-16-8-12/h1-2,5H,3-4,6,8H2. The molecule has 1 atom stereocenters. The summed E-state index contributed by atoms with van der Waals surface area (Å²) in [5, 5.41) is 9.64. The highest BCUT2D eigenvalue weighted by atomic mass is 35.5. The van der Waals surface area contributed by atoms with Gasteiger partial charge in [0.15, 0.2) is 0 Å². The predicted octanol–water partition coefficient (Wildman–Crippen LogP) is 2.95. The van der Waals surface area contributed by atoms with E-state index in [9.17, 15) is 4.39 Å². The lowest BCUT2D eigenvalue weighted by atomic mass is 9.82. The lowest BCUT2D eigenvalue weighted by Gasteiger charge is -2.18. The predicted molar refractivity (Wildman–Crippen MR) is 58.6 cm³/mol. The molecule has 2 rings (SSSR count). The Morgan fingerprint density at radius 3 is 3.00 bits per heavy atom. The van der Waals surface area contributed by atoms with Crippen LogP contribution >= 0.6 is 11.6 Å². The number of nitrogens with zero attached hydrogens (tertiary/aromatic N) is 1. The molecule has 1 aromatic rings. The number of benzene rings is 1. The van der Waals surface area contributed by atoms with Crippen LogP contribution in [-0.4, -0.2) is 13.2 Å². The molecule has 2 nitrogen and oxygen atoms in total. The zero-order valence-corrected chi connectivity index (χ0v) is 9.43. The number of halogens is 2. The first-order chi connectivity index (χ1) is 7.65. The molecule has 1 aliphatic rings. The molecule has 0 spiro atoms. The molecule has 16 heavy (non-hydrogen) atoms.